The number of carbonyl (C=O) groups is 1. The van der Waals surface area contributed by atoms with Crippen LogP contribution in [-0.4, -0.2) is 46.7 Å². The molecule has 27 heavy (non-hydrogen) atoms. The second-order valence-corrected chi connectivity index (χ2v) is 8.60. The second kappa shape index (κ2) is 7.52. The lowest BCUT2D eigenvalue weighted by Crippen LogP contribution is -2.41. The topological polar surface area (TPSA) is 89.9 Å². The van der Waals surface area contributed by atoms with E-state index in [1.165, 1.54) is 6.20 Å². The number of rotatable bonds is 4. The van der Waals surface area contributed by atoms with Crippen LogP contribution in [0.5, 0.6) is 5.75 Å². The number of amides is 1. The molecule has 0 unspecified atom stereocenters. The van der Waals surface area contributed by atoms with E-state index in [0.717, 1.165) is 0 Å². The van der Waals surface area contributed by atoms with E-state index in [9.17, 15) is 9.90 Å². The number of ether oxygens (including phenoxy) is 1. The van der Waals surface area contributed by atoms with Crippen LogP contribution in [0.1, 0.15) is 54.2 Å². The number of alkyl carbamates (subject to hydrolysis) is 1. The van der Waals surface area contributed by atoms with Crippen molar-refractivity contribution in [1.82, 2.24) is 10.3 Å². The van der Waals surface area contributed by atoms with Gasteiger partial charge in [-0.3, -0.25) is 4.98 Å². The molecule has 0 atom stereocenters. The first-order valence-corrected chi connectivity index (χ1v) is 8.97. The molecule has 1 fully saturated rings. The number of aromatic hydroxyl groups is 1. The molecule has 1 aromatic rings. The van der Waals surface area contributed by atoms with E-state index in [1.54, 1.807) is 39.0 Å². The fraction of sp³-hybridized carbons (Fsp3) is 0.579. The highest BCUT2D eigenvalue weighted by Gasteiger charge is 2.52. The van der Waals surface area contributed by atoms with E-state index in [-0.39, 0.29) is 12.3 Å². The molecule has 0 spiro atoms. The lowest BCUT2D eigenvalue weighted by Gasteiger charge is -2.32. The van der Waals surface area contributed by atoms with Crippen LogP contribution in [0.25, 0.3) is 6.08 Å². The number of hydrogen-bond donors (Lipinski definition) is 2. The maximum atomic E-state index is 12.0. The number of aromatic nitrogens is 1. The molecule has 2 rings (SSSR count). The Labute approximate surface area is 161 Å². The number of carbonyl (C=O) groups excluding carboxylic acids is 1. The Balaban J connectivity index is 2.22. The molecule has 0 radical (unpaired) electrons. The Hall–Kier alpha value is -2.06. The number of nitrogens with one attached hydrogen (secondary N) is 1. The standard InChI is InChI=1S/C19H29BN2O5/c1-17(2,3)25-16(24)22-11-13(10-14-8-9-15(23)12-21-14)20-26-18(4,5)19(6,7)27-20/h8-10,12,23H,11H2,1-7H3,(H,22,24). The average Bonchev–Trinajstić information content (AvgIpc) is 2.72. The third-order valence-electron chi connectivity index (χ3n) is 4.50. The predicted octanol–water partition coefficient (Wildman–Crippen LogP) is 3.33. The van der Waals surface area contributed by atoms with Crippen molar-refractivity contribution >= 4 is 19.3 Å². The Morgan fingerprint density at radius 2 is 1.85 bits per heavy atom. The summed E-state index contributed by atoms with van der Waals surface area (Å²) >= 11 is 0. The normalized spacial score (nSPS) is 19.1. The van der Waals surface area contributed by atoms with Crippen LogP contribution in [0, 0.1) is 0 Å². The number of hydrogen-bond acceptors (Lipinski definition) is 6. The summed E-state index contributed by atoms with van der Waals surface area (Å²) in [5, 5.41) is 12.2. The largest absolute Gasteiger partial charge is 0.506 e. The molecule has 7 nitrogen and oxygen atoms in total. The lowest BCUT2D eigenvalue weighted by atomic mass is 9.77. The molecule has 0 aliphatic carbocycles. The van der Waals surface area contributed by atoms with E-state index in [2.05, 4.69) is 10.3 Å². The minimum atomic E-state index is -0.638. The summed E-state index contributed by atoms with van der Waals surface area (Å²) in [5.41, 5.74) is -0.298. The lowest BCUT2D eigenvalue weighted by molar-refractivity contribution is 0.00578. The Morgan fingerprint density at radius 3 is 2.33 bits per heavy atom. The molecule has 1 aliphatic heterocycles. The van der Waals surface area contributed by atoms with Gasteiger partial charge in [-0.1, -0.05) is 0 Å². The Bertz CT molecular complexity index is 692. The highest BCUT2D eigenvalue weighted by molar-refractivity contribution is 6.56. The van der Waals surface area contributed by atoms with Crippen LogP contribution in [0.2, 0.25) is 0 Å². The summed E-state index contributed by atoms with van der Waals surface area (Å²) in [7, 11) is -0.638. The first kappa shape index (κ1) is 21.2. The second-order valence-electron chi connectivity index (χ2n) is 8.60. The van der Waals surface area contributed by atoms with Gasteiger partial charge >= 0.3 is 13.2 Å². The summed E-state index contributed by atoms with van der Waals surface area (Å²) < 4.78 is 17.5. The summed E-state index contributed by atoms with van der Waals surface area (Å²) in [4.78, 5) is 16.2. The molecule has 1 aromatic heterocycles. The van der Waals surface area contributed by atoms with Crippen LogP contribution < -0.4 is 5.32 Å². The molecular weight excluding hydrogens is 347 g/mol. The molecule has 0 aromatic carbocycles. The van der Waals surface area contributed by atoms with Crippen LogP contribution in [0.4, 0.5) is 4.79 Å². The molecule has 1 amide bonds. The van der Waals surface area contributed by atoms with Gasteiger partial charge in [0, 0.05) is 6.54 Å². The molecule has 0 bridgehead atoms. The van der Waals surface area contributed by atoms with Gasteiger partial charge in [-0.15, -0.1) is 0 Å². The summed E-state index contributed by atoms with van der Waals surface area (Å²) in [6, 6.07) is 3.22. The van der Waals surface area contributed by atoms with Gasteiger partial charge in [0.1, 0.15) is 11.4 Å². The van der Waals surface area contributed by atoms with Crippen molar-refractivity contribution in [3.05, 3.63) is 29.5 Å². The first-order valence-electron chi connectivity index (χ1n) is 8.97. The van der Waals surface area contributed by atoms with Crippen LogP contribution in [0.3, 0.4) is 0 Å². The quantitative estimate of drug-likeness (QED) is 0.784. The summed E-state index contributed by atoms with van der Waals surface area (Å²) in [6.45, 7) is 13.4. The van der Waals surface area contributed by atoms with Crippen molar-refractivity contribution in [2.45, 2.75) is 65.3 Å². The van der Waals surface area contributed by atoms with Gasteiger partial charge in [0.25, 0.3) is 0 Å². The number of nitrogens with zero attached hydrogens (tertiary/aromatic N) is 1. The van der Waals surface area contributed by atoms with Crippen molar-refractivity contribution in [2.24, 2.45) is 0 Å². The zero-order valence-electron chi connectivity index (χ0n) is 17.1. The number of pyridine rings is 1. The maximum Gasteiger partial charge on any atom is 0.492 e. The highest BCUT2D eigenvalue weighted by Crippen LogP contribution is 2.38. The molecule has 148 valence electrons. The van der Waals surface area contributed by atoms with Gasteiger partial charge in [0.15, 0.2) is 0 Å². The first-order chi connectivity index (χ1) is 12.3. The molecular formula is C19H29BN2O5. The average molecular weight is 376 g/mol. The zero-order chi connectivity index (χ0) is 20.5. The van der Waals surface area contributed by atoms with Crippen molar-refractivity contribution in [2.75, 3.05) is 6.54 Å². The minimum Gasteiger partial charge on any atom is -0.506 e. The third-order valence-corrected chi connectivity index (χ3v) is 4.50. The van der Waals surface area contributed by atoms with E-state index < -0.39 is 30.0 Å². The van der Waals surface area contributed by atoms with E-state index in [0.29, 0.717) is 11.2 Å². The molecule has 1 saturated heterocycles. The molecule has 0 saturated carbocycles. The van der Waals surface area contributed by atoms with Crippen LogP contribution in [0.15, 0.2) is 23.8 Å². The Morgan fingerprint density at radius 1 is 1.26 bits per heavy atom. The van der Waals surface area contributed by atoms with Gasteiger partial charge in [0.05, 0.1) is 23.1 Å². The van der Waals surface area contributed by atoms with Gasteiger partial charge in [-0.2, -0.15) is 0 Å². The van der Waals surface area contributed by atoms with Crippen molar-refractivity contribution < 1.29 is 23.9 Å². The SMILES string of the molecule is CC(C)(C)OC(=O)NCC(=Cc1ccc(O)cn1)B1OC(C)(C)C(C)(C)O1. The minimum absolute atomic E-state index is 0.0798. The Kier molecular flexibility index (Phi) is 5.92. The monoisotopic (exact) mass is 376 g/mol. The van der Waals surface area contributed by atoms with Crippen molar-refractivity contribution in [3.63, 3.8) is 0 Å². The summed E-state index contributed by atoms with van der Waals surface area (Å²) in [5.74, 6) is 0.0798. The smallest absolute Gasteiger partial charge is 0.492 e. The predicted molar refractivity (Wildman–Crippen MR) is 104 cm³/mol. The van der Waals surface area contributed by atoms with Gasteiger partial charge in [0.2, 0.25) is 0 Å². The van der Waals surface area contributed by atoms with Gasteiger partial charge < -0.3 is 24.5 Å². The van der Waals surface area contributed by atoms with Crippen LogP contribution >= 0.6 is 0 Å². The van der Waals surface area contributed by atoms with E-state index in [4.69, 9.17) is 14.0 Å². The molecule has 2 N–H and O–H groups in total. The fourth-order valence-corrected chi connectivity index (χ4v) is 2.36. The fourth-order valence-electron chi connectivity index (χ4n) is 2.36. The van der Waals surface area contributed by atoms with E-state index in [1.807, 2.05) is 27.7 Å². The van der Waals surface area contributed by atoms with Crippen molar-refractivity contribution in [3.8, 4) is 5.75 Å². The van der Waals surface area contributed by atoms with Gasteiger partial charge in [-0.25, -0.2) is 4.79 Å². The molecule has 2 heterocycles. The third kappa shape index (κ3) is 5.71. The molecule has 1 aliphatic rings. The maximum absolute atomic E-state index is 12.0. The highest BCUT2D eigenvalue weighted by atomic mass is 16.7. The zero-order valence-corrected chi connectivity index (χ0v) is 17.1. The van der Waals surface area contributed by atoms with Gasteiger partial charge in [-0.05, 0) is 72.1 Å². The van der Waals surface area contributed by atoms with Crippen molar-refractivity contribution in [1.29, 1.82) is 0 Å². The molecule has 8 heteroatoms. The van der Waals surface area contributed by atoms with E-state index >= 15 is 0 Å². The summed E-state index contributed by atoms with van der Waals surface area (Å²) in [6.07, 6.45) is 2.61. The van der Waals surface area contributed by atoms with Crippen LogP contribution in [-0.2, 0) is 14.0 Å².